The zero-order chi connectivity index (χ0) is 19.8. The van der Waals surface area contributed by atoms with Crippen molar-refractivity contribution >= 4 is 39.5 Å². The van der Waals surface area contributed by atoms with Crippen molar-refractivity contribution in [1.82, 2.24) is 9.63 Å². The zero-order valence-electron chi connectivity index (χ0n) is 14.6. The quantitative estimate of drug-likeness (QED) is 0.633. The molecule has 0 bridgehead atoms. The molecule has 0 spiro atoms. The summed E-state index contributed by atoms with van der Waals surface area (Å²) in [4.78, 5) is 66.5. The van der Waals surface area contributed by atoms with Crippen molar-refractivity contribution in [3.8, 4) is 0 Å². The molecule has 0 N–H and O–H groups in total. The number of hydrogen-bond acceptors (Lipinski definition) is 6. The average molecular weight is 378 g/mol. The molecule has 0 saturated carbocycles. The lowest BCUT2D eigenvalue weighted by molar-refractivity contribution is -0.197. The Hall–Kier alpha value is -3.81. The highest BCUT2D eigenvalue weighted by molar-refractivity contribution is 6.01. The SMILES string of the molecule is O=C(Cn1c(=O)c2ccccc2c(=O)c2ccccc21)ON1C(=O)CCC1=O. The number of carbonyl (C=O) groups excluding carboxylic acids is 3. The van der Waals surface area contributed by atoms with Gasteiger partial charge in [0.15, 0.2) is 5.43 Å². The fraction of sp³-hybridized carbons (Fsp3) is 0.150. The highest BCUT2D eigenvalue weighted by Gasteiger charge is 2.33. The number of hydrogen-bond donors (Lipinski definition) is 0. The number of para-hydroxylation sites is 1. The van der Waals surface area contributed by atoms with Gasteiger partial charge in [0.2, 0.25) is 0 Å². The van der Waals surface area contributed by atoms with E-state index in [1.807, 2.05) is 0 Å². The first kappa shape index (κ1) is 17.6. The second kappa shape index (κ2) is 6.73. The van der Waals surface area contributed by atoms with Crippen LogP contribution in [0.5, 0.6) is 0 Å². The predicted octanol–water partition coefficient (Wildman–Crippen LogP) is 1.12. The lowest BCUT2D eigenvalue weighted by atomic mass is 10.1. The van der Waals surface area contributed by atoms with Crippen LogP contribution in [0, 0.1) is 0 Å². The van der Waals surface area contributed by atoms with E-state index in [2.05, 4.69) is 0 Å². The molecule has 28 heavy (non-hydrogen) atoms. The minimum atomic E-state index is -0.960. The number of aromatic nitrogens is 1. The zero-order valence-corrected chi connectivity index (χ0v) is 14.6. The predicted molar refractivity (Wildman–Crippen MR) is 99.2 cm³/mol. The van der Waals surface area contributed by atoms with Crippen molar-refractivity contribution in [2.75, 3.05) is 0 Å². The molecule has 8 heteroatoms. The summed E-state index contributed by atoms with van der Waals surface area (Å²) in [5, 5.41) is 1.09. The van der Waals surface area contributed by atoms with E-state index in [9.17, 15) is 24.0 Å². The Morgan fingerprint density at radius 1 is 0.821 bits per heavy atom. The van der Waals surface area contributed by atoms with Gasteiger partial charge in [-0.1, -0.05) is 30.3 Å². The summed E-state index contributed by atoms with van der Waals surface area (Å²) >= 11 is 0. The van der Waals surface area contributed by atoms with Crippen LogP contribution in [-0.2, 0) is 25.8 Å². The van der Waals surface area contributed by atoms with Gasteiger partial charge in [0.05, 0.1) is 10.9 Å². The molecule has 1 aliphatic heterocycles. The number of amides is 2. The summed E-state index contributed by atoms with van der Waals surface area (Å²) in [5.41, 5.74) is -0.630. The molecule has 1 aliphatic rings. The molecule has 2 heterocycles. The molecule has 0 aliphatic carbocycles. The Balaban J connectivity index is 1.87. The second-order valence-corrected chi connectivity index (χ2v) is 6.33. The number of fused-ring (bicyclic) bond motifs is 2. The summed E-state index contributed by atoms with van der Waals surface area (Å²) in [5.74, 6) is -2.18. The molecular formula is C20H14N2O6. The first-order valence-corrected chi connectivity index (χ1v) is 8.58. The van der Waals surface area contributed by atoms with E-state index in [1.165, 1.54) is 6.07 Å². The highest BCUT2D eigenvalue weighted by atomic mass is 16.7. The molecule has 3 aromatic rings. The van der Waals surface area contributed by atoms with Gasteiger partial charge in [0.1, 0.15) is 6.54 Å². The van der Waals surface area contributed by atoms with Crippen LogP contribution in [0.25, 0.3) is 21.7 Å². The fourth-order valence-corrected chi connectivity index (χ4v) is 3.24. The minimum Gasteiger partial charge on any atom is -0.328 e. The summed E-state index contributed by atoms with van der Waals surface area (Å²) in [6.45, 7) is -0.561. The van der Waals surface area contributed by atoms with Crippen molar-refractivity contribution in [1.29, 1.82) is 0 Å². The van der Waals surface area contributed by atoms with Gasteiger partial charge >= 0.3 is 5.97 Å². The van der Waals surface area contributed by atoms with E-state index in [0.29, 0.717) is 5.06 Å². The summed E-state index contributed by atoms with van der Waals surface area (Å²) in [7, 11) is 0. The van der Waals surface area contributed by atoms with Crippen LogP contribution in [0.4, 0.5) is 0 Å². The largest absolute Gasteiger partial charge is 0.352 e. The van der Waals surface area contributed by atoms with Gasteiger partial charge in [-0.25, -0.2) is 4.79 Å². The molecule has 1 saturated heterocycles. The molecule has 0 radical (unpaired) electrons. The van der Waals surface area contributed by atoms with Crippen LogP contribution in [0.1, 0.15) is 12.8 Å². The van der Waals surface area contributed by atoms with E-state index in [1.54, 1.807) is 42.5 Å². The standard InChI is InChI=1S/C20H14N2O6/c23-16-9-10-17(24)22(16)28-18(25)11-21-15-8-4-3-7-14(15)19(26)12-5-1-2-6-13(12)20(21)27/h1-8H,9-11H2. The molecule has 1 fully saturated rings. The van der Waals surface area contributed by atoms with Gasteiger partial charge in [-0.15, -0.1) is 5.06 Å². The molecule has 4 rings (SSSR count). The monoisotopic (exact) mass is 378 g/mol. The molecule has 2 amide bonds. The van der Waals surface area contributed by atoms with Crippen molar-refractivity contribution < 1.29 is 19.2 Å². The minimum absolute atomic E-state index is 0.0283. The number of imide groups is 1. The first-order chi connectivity index (χ1) is 13.5. The number of rotatable bonds is 3. The van der Waals surface area contributed by atoms with E-state index < -0.39 is 29.9 Å². The lowest BCUT2D eigenvalue weighted by Crippen LogP contribution is -2.34. The van der Waals surface area contributed by atoms with E-state index in [4.69, 9.17) is 4.84 Å². The third-order valence-corrected chi connectivity index (χ3v) is 4.57. The van der Waals surface area contributed by atoms with Gasteiger partial charge < -0.3 is 4.84 Å². The molecule has 1 aromatic heterocycles. The Morgan fingerprint density at radius 2 is 1.39 bits per heavy atom. The maximum Gasteiger partial charge on any atom is 0.352 e. The molecular weight excluding hydrogens is 364 g/mol. The van der Waals surface area contributed by atoms with Crippen molar-refractivity contribution in [2.45, 2.75) is 19.4 Å². The topological polar surface area (TPSA) is 103 Å². The van der Waals surface area contributed by atoms with Crippen molar-refractivity contribution in [3.63, 3.8) is 0 Å². The molecule has 0 atom stereocenters. The Morgan fingerprint density at radius 3 is 2.07 bits per heavy atom. The molecule has 140 valence electrons. The Kier molecular flexibility index (Phi) is 4.23. The number of benzene rings is 2. The third-order valence-electron chi connectivity index (χ3n) is 4.57. The van der Waals surface area contributed by atoms with Crippen LogP contribution in [0.2, 0.25) is 0 Å². The number of hydroxylamine groups is 2. The fourth-order valence-electron chi connectivity index (χ4n) is 3.24. The van der Waals surface area contributed by atoms with Crippen LogP contribution in [0.15, 0.2) is 58.1 Å². The number of nitrogens with zero attached hydrogens (tertiary/aromatic N) is 2. The summed E-state index contributed by atoms with van der Waals surface area (Å²) in [6, 6.07) is 12.8. The molecule has 0 unspecified atom stereocenters. The second-order valence-electron chi connectivity index (χ2n) is 6.33. The Bertz CT molecular complexity index is 1260. The maximum atomic E-state index is 13.1. The molecule has 2 aromatic carbocycles. The van der Waals surface area contributed by atoms with Crippen LogP contribution >= 0.6 is 0 Å². The van der Waals surface area contributed by atoms with Gasteiger partial charge in [-0.2, -0.15) is 0 Å². The normalized spacial score (nSPS) is 14.1. The van der Waals surface area contributed by atoms with Gasteiger partial charge in [-0.05, 0) is 18.2 Å². The summed E-state index contributed by atoms with van der Waals surface area (Å²) < 4.78 is 1.12. The van der Waals surface area contributed by atoms with E-state index >= 15 is 0 Å². The van der Waals surface area contributed by atoms with Crippen LogP contribution in [0.3, 0.4) is 0 Å². The first-order valence-electron chi connectivity index (χ1n) is 8.58. The molecule has 8 nitrogen and oxygen atoms in total. The lowest BCUT2D eigenvalue weighted by Gasteiger charge is -2.13. The highest BCUT2D eigenvalue weighted by Crippen LogP contribution is 2.15. The van der Waals surface area contributed by atoms with Gasteiger partial charge in [-0.3, -0.25) is 23.7 Å². The Labute approximate surface area is 157 Å². The van der Waals surface area contributed by atoms with E-state index in [-0.39, 0.29) is 39.9 Å². The average Bonchev–Trinajstić information content (AvgIpc) is 2.99. The van der Waals surface area contributed by atoms with Crippen LogP contribution < -0.4 is 11.0 Å². The van der Waals surface area contributed by atoms with Gasteiger partial charge in [0, 0.05) is 23.6 Å². The van der Waals surface area contributed by atoms with E-state index in [0.717, 1.165) is 4.57 Å². The smallest absolute Gasteiger partial charge is 0.328 e. The van der Waals surface area contributed by atoms with Crippen molar-refractivity contribution in [2.24, 2.45) is 0 Å². The van der Waals surface area contributed by atoms with Crippen LogP contribution in [-0.4, -0.2) is 27.4 Å². The maximum absolute atomic E-state index is 13.1. The number of carbonyl (C=O) groups is 3. The van der Waals surface area contributed by atoms with Crippen molar-refractivity contribution in [3.05, 3.63) is 69.1 Å². The summed E-state index contributed by atoms with van der Waals surface area (Å²) in [6.07, 6.45) is -0.0566. The third kappa shape index (κ3) is 2.84. The van der Waals surface area contributed by atoms with Gasteiger partial charge in [0.25, 0.3) is 17.4 Å².